The van der Waals surface area contributed by atoms with E-state index in [1.54, 1.807) is 18.2 Å². The lowest BCUT2D eigenvalue weighted by atomic mass is 9.98. The molecule has 3 N–H and O–H groups in total. The van der Waals surface area contributed by atoms with Crippen LogP contribution >= 0.6 is 0 Å². The van der Waals surface area contributed by atoms with Gasteiger partial charge in [0.15, 0.2) is 0 Å². The topological polar surface area (TPSA) is 119 Å². The summed E-state index contributed by atoms with van der Waals surface area (Å²) in [5, 5.41) is 16.2. The lowest BCUT2D eigenvalue weighted by Gasteiger charge is -2.38. The van der Waals surface area contributed by atoms with Crippen molar-refractivity contribution in [3.63, 3.8) is 0 Å². The molecule has 0 radical (unpaired) electrons. The number of rotatable bonds is 14. The molecule has 2 amide bonds. The number of nitrogens with one attached hydrogen (secondary N) is 2. The van der Waals surface area contributed by atoms with E-state index in [1.807, 2.05) is 58.0 Å². The number of aliphatic hydroxyl groups excluding tert-OH is 1. The average molecular weight is 587 g/mol. The van der Waals surface area contributed by atoms with Gasteiger partial charge in [0.2, 0.25) is 15.9 Å². The van der Waals surface area contributed by atoms with Crippen molar-refractivity contribution in [2.45, 2.75) is 82.9 Å². The molecule has 0 bridgehead atoms. The average Bonchev–Trinajstić information content (AvgIpc) is 3.50. The SMILES string of the molecule is CC[C@H](C)CC(=O)N(NC(=O)C1CCCN1)C(Cc1ccccc1)[C@H](O)CN(CC(C)C)S(=O)(=O)c1ccccc1. The Hall–Kier alpha value is -2.79. The number of hydrogen-bond donors (Lipinski definition) is 3. The Morgan fingerprint density at radius 1 is 1.02 bits per heavy atom. The molecule has 1 saturated heterocycles. The first kappa shape index (κ1) is 32.7. The molecule has 41 heavy (non-hydrogen) atoms. The molecule has 0 aliphatic carbocycles. The van der Waals surface area contributed by atoms with Gasteiger partial charge in [-0.15, -0.1) is 0 Å². The van der Waals surface area contributed by atoms with Gasteiger partial charge >= 0.3 is 0 Å². The standard InChI is InChI=1S/C31H46N4O5S/c1-5-24(4)19-30(37)35(33-31(38)27-17-12-18-32-27)28(20-25-13-8-6-9-14-25)29(36)22-34(21-23(2)3)41(39,40)26-15-10-7-11-16-26/h6-11,13-16,23-24,27-29,32,36H,5,12,17-22H2,1-4H3,(H,33,38)/t24-,27?,28?,29+/m0/s1. The fourth-order valence-electron chi connectivity index (χ4n) is 4.98. The van der Waals surface area contributed by atoms with Crippen molar-refractivity contribution < 1.29 is 23.1 Å². The Morgan fingerprint density at radius 2 is 1.66 bits per heavy atom. The molecule has 226 valence electrons. The molecule has 0 aromatic heterocycles. The van der Waals surface area contributed by atoms with E-state index >= 15 is 0 Å². The van der Waals surface area contributed by atoms with Crippen LogP contribution < -0.4 is 10.7 Å². The lowest BCUT2D eigenvalue weighted by Crippen LogP contribution is -2.61. The third-order valence-corrected chi connectivity index (χ3v) is 9.35. The van der Waals surface area contributed by atoms with Crippen molar-refractivity contribution in [2.24, 2.45) is 11.8 Å². The number of hydrazine groups is 1. The van der Waals surface area contributed by atoms with Crippen LogP contribution in [-0.2, 0) is 26.0 Å². The van der Waals surface area contributed by atoms with Crippen LogP contribution in [0.25, 0.3) is 0 Å². The van der Waals surface area contributed by atoms with E-state index < -0.39 is 28.2 Å². The maximum Gasteiger partial charge on any atom is 0.255 e. The number of carbonyl (C=O) groups excluding carboxylic acids is 2. The Kier molecular flexibility index (Phi) is 12.3. The summed E-state index contributed by atoms with van der Waals surface area (Å²) in [6.45, 7) is 8.46. The van der Waals surface area contributed by atoms with E-state index in [4.69, 9.17) is 0 Å². The normalized spacial score (nSPS) is 17.8. The predicted molar refractivity (Wildman–Crippen MR) is 160 cm³/mol. The minimum atomic E-state index is -3.93. The zero-order valence-electron chi connectivity index (χ0n) is 24.7. The van der Waals surface area contributed by atoms with E-state index in [0.717, 1.165) is 24.9 Å². The molecule has 1 heterocycles. The highest BCUT2D eigenvalue weighted by Gasteiger charge is 2.37. The van der Waals surface area contributed by atoms with Gasteiger partial charge < -0.3 is 10.4 Å². The molecule has 4 atom stereocenters. The first-order valence-corrected chi connectivity index (χ1v) is 16.1. The second-order valence-electron chi connectivity index (χ2n) is 11.5. The highest BCUT2D eigenvalue weighted by atomic mass is 32.2. The van der Waals surface area contributed by atoms with Gasteiger partial charge in [0.1, 0.15) is 0 Å². The van der Waals surface area contributed by atoms with Crippen LogP contribution in [0.15, 0.2) is 65.6 Å². The molecule has 0 spiro atoms. The largest absolute Gasteiger partial charge is 0.390 e. The molecule has 2 aromatic rings. The van der Waals surface area contributed by atoms with Crippen LogP contribution in [0.2, 0.25) is 0 Å². The van der Waals surface area contributed by atoms with Crippen molar-refractivity contribution in [2.75, 3.05) is 19.6 Å². The number of benzene rings is 2. The molecule has 2 aromatic carbocycles. The molecular formula is C31H46N4O5S. The summed E-state index contributed by atoms with van der Waals surface area (Å²) in [6, 6.07) is 16.2. The molecule has 10 heteroatoms. The summed E-state index contributed by atoms with van der Waals surface area (Å²) < 4.78 is 28.6. The number of nitrogens with zero attached hydrogens (tertiary/aromatic N) is 2. The molecule has 9 nitrogen and oxygen atoms in total. The van der Waals surface area contributed by atoms with Crippen molar-refractivity contribution >= 4 is 21.8 Å². The maximum atomic E-state index is 13.7. The number of sulfonamides is 1. The third-order valence-electron chi connectivity index (χ3n) is 7.50. The van der Waals surface area contributed by atoms with E-state index in [0.29, 0.717) is 6.42 Å². The summed E-state index contributed by atoms with van der Waals surface area (Å²) in [5.41, 5.74) is 3.68. The highest BCUT2D eigenvalue weighted by Crippen LogP contribution is 2.22. The monoisotopic (exact) mass is 586 g/mol. The van der Waals surface area contributed by atoms with Gasteiger partial charge in [-0.3, -0.25) is 15.0 Å². The first-order valence-electron chi connectivity index (χ1n) is 14.7. The van der Waals surface area contributed by atoms with Crippen LogP contribution in [0.5, 0.6) is 0 Å². The summed E-state index contributed by atoms with van der Waals surface area (Å²) in [5.74, 6) is -0.588. The van der Waals surface area contributed by atoms with Crippen LogP contribution in [0.1, 0.15) is 58.9 Å². The second kappa shape index (κ2) is 15.4. The van der Waals surface area contributed by atoms with E-state index in [-0.39, 0.29) is 54.5 Å². The smallest absolute Gasteiger partial charge is 0.255 e. The number of carbonyl (C=O) groups is 2. The van der Waals surface area contributed by atoms with Crippen molar-refractivity contribution in [1.82, 2.24) is 20.1 Å². The van der Waals surface area contributed by atoms with Gasteiger partial charge in [-0.25, -0.2) is 13.4 Å². The Balaban J connectivity index is 1.99. The van der Waals surface area contributed by atoms with Crippen LogP contribution in [0.4, 0.5) is 0 Å². The molecular weight excluding hydrogens is 540 g/mol. The Bertz CT molecular complexity index is 1200. The summed E-state index contributed by atoms with van der Waals surface area (Å²) in [7, 11) is -3.93. The van der Waals surface area contributed by atoms with Crippen molar-refractivity contribution in [3.8, 4) is 0 Å². The first-order chi connectivity index (χ1) is 19.5. The van der Waals surface area contributed by atoms with Gasteiger partial charge in [-0.1, -0.05) is 82.6 Å². The molecule has 0 saturated carbocycles. The van der Waals surface area contributed by atoms with Gasteiger partial charge in [-0.05, 0) is 55.3 Å². The van der Waals surface area contributed by atoms with Crippen LogP contribution in [0.3, 0.4) is 0 Å². The summed E-state index contributed by atoms with van der Waals surface area (Å²) in [4.78, 5) is 27.1. The number of amides is 2. The van der Waals surface area contributed by atoms with E-state index in [9.17, 15) is 23.1 Å². The zero-order chi connectivity index (χ0) is 30.0. The number of aliphatic hydroxyl groups is 1. The van der Waals surface area contributed by atoms with E-state index in [2.05, 4.69) is 10.7 Å². The zero-order valence-corrected chi connectivity index (χ0v) is 25.5. The van der Waals surface area contributed by atoms with Crippen LogP contribution in [-0.4, -0.2) is 72.5 Å². The fourth-order valence-corrected chi connectivity index (χ4v) is 6.62. The highest BCUT2D eigenvalue weighted by molar-refractivity contribution is 7.89. The minimum absolute atomic E-state index is 0.00968. The van der Waals surface area contributed by atoms with Crippen molar-refractivity contribution in [1.29, 1.82) is 0 Å². The van der Waals surface area contributed by atoms with Gasteiger partial charge in [-0.2, -0.15) is 4.31 Å². The molecule has 3 rings (SSSR count). The maximum absolute atomic E-state index is 13.7. The quantitative estimate of drug-likeness (QED) is 0.292. The molecule has 1 aliphatic heterocycles. The minimum Gasteiger partial charge on any atom is -0.390 e. The number of hydrogen-bond acceptors (Lipinski definition) is 6. The van der Waals surface area contributed by atoms with Crippen LogP contribution in [0, 0.1) is 11.8 Å². The molecule has 2 unspecified atom stereocenters. The van der Waals surface area contributed by atoms with Gasteiger partial charge in [0, 0.05) is 19.5 Å². The van der Waals surface area contributed by atoms with E-state index in [1.165, 1.54) is 21.4 Å². The van der Waals surface area contributed by atoms with Gasteiger partial charge in [0.25, 0.3) is 5.91 Å². The van der Waals surface area contributed by atoms with Gasteiger partial charge in [0.05, 0.1) is 23.1 Å². The third kappa shape index (κ3) is 9.36. The summed E-state index contributed by atoms with van der Waals surface area (Å²) >= 11 is 0. The Labute approximate surface area is 245 Å². The van der Waals surface area contributed by atoms with Crippen molar-refractivity contribution in [3.05, 3.63) is 66.2 Å². The molecule has 1 aliphatic rings. The Morgan fingerprint density at radius 3 is 2.22 bits per heavy atom. The predicted octanol–water partition coefficient (Wildman–Crippen LogP) is 3.35. The fraction of sp³-hybridized carbons (Fsp3) is 0.548. The lowest BCUT2D eigenvalue weighted by molar-refractivity contribution is -0.149. The summed E-state index contributed by atoms with van der Waals surface area (Å²) in [6.07, 6.45) is 1.42. The second-order valence-corrected chi connectivity index (χ2v) is 13.4. The molecule has 1 fully saturated rings.